The lowest BCUT2D eigenvalue weighted by Crippen LogP contribution is -2.13. The quantitative estimate of drug-likeness (QED) is 0.407. The van der Waals surface area contributed by atoms with E-state index in [-0.39, 0.29) is 6.10 Å². The van der Waals surface area contributed by atoms with Crippen LogP contribution in [0.15, 0.2) is 0 Å². The zero-order valence-electron chi connectivity index (χ0n) is 12.5. The summed E-state index contributed by atoms with van der Waals surface area (Å²) in [6.07, 6.45) is 13.6. The van der Waals surface area contributed by atoms with Gasteiger partial charge in [0.1, 0.15) is 7.11 Å². The molecule has 0 heterocycles. The van der Waals surface area contributed by atoms with Crippen molar-refractivity contribution in [3.8, 4) is 0 Å². The molecule has 0 amide bonds. The molecule has 0 N–H and O–H groups in total. The summed E-state index contributed by atoms with van der Waals surface area (Å²) in [6, 6.07) is 0. The van der Waals surface area contributed by atoms with E-state index in [1.54, 1.807) is 0 Å². The van der Waals surface area contributed by atoms with Gasteiger partial charge in [-0.3, -0.25) is 0 Å². The van der Waals surface area contributed by atoms with Crippen molar-refractivity contribution in [1.29, 1.82) is 0 Å². The summed E-state index contributed by atoms with van der Waals surface area (Å²) in [4.78, 5) is 0. The zero-order valence-corrected chi connectivity index (χ0v) is 12.5. The fourth-order valence-corrected chi connectivity index (χ4v) is 1.98. The molecule has 1 atom stereocenters. The molecule has 108 valence electrons. The Hall–Kier alpha value is -0.0800. The standard InChI is InChI=1S/C16H32O2/c1-4-5-6-7-8-9-10-11-12-13-14-18-15-16(2)17-3/h3,16H,4-15H2,1-2H3. The van der Waals surface area contributed by atoms with Crippen LogP contribution in [0.5, 0.6) is 0 Å². The summed E-state index contributed by atoms with van der Waals surface area (Å²) in [7, 11) is 5.03. The van der Waals surface area contributed by atoms with E-state index in [1.165, 1.54) is 57.8 Å². The first kappa shape index (κ1) is 17.9. The summed E-state index contributed by atoms with van der Waals surface area (Å²) in [5.74, 6) is 0. The molecule has 0 rings (SSSR count). The fraction of sp³-hybridized carbons (Fsp3) is 0.938. The molecule has 0 aromatic carbocycles. The summed E-state index contributed by atoms with van der Waals surface area (Å²) in [6.45, 7) is 5.62. The minimum Gasteiger partial charge on any atom is -0.379 e. The average Bonchev–Trinajstić information content (AvgIpc) is 2.39. The van der Waals surface area contributed by atoms with Crippen molar-refractivity contribution in [3.63, 3.8) is 0 Å². The Morgan fingerprint density at radius 3 is 1.83 bits per heavy atom. The SMILES string of the molecule is [CH]OC(C)COCCCCCCCCCCCC. The summed E-state index contributed by atoms with van der Waals surface area (Å²) in [5, 5.41) is 0. The van der Waals surface area contributed by atoms with Crippen LogP contribution in [0.2, 0.25) is 0 Å². The molecule has 0 fully saturated rings. The maximum absolute atomic E-state index is 5.45. The molecule has 1 unspecified atom stereocenters. The first-order valence-electron chi connectivity index (χ1n) is 7.74. The van der Waals surface area contributed by atoms with Gasteiger partial charge in [-0.05, 0) is 13.3 Å². The first-order chi connectivity index (χ1) is 8.81. The van der Waals surface area contributed by atoms with Crippen molar-refractivity contribution in [1.82, 2.24) is 0 Å². The molecule has 2 nitrogen and oxygen atoms in total. The highest BCUT2D eigenvalue weighted by molar-refractivity contribution is 4.49. The molecule has 0 aliphatic rings. The van der Waals surface area contributed by atoms with Gasteiger partial charge >= 0.3 is 0 Å². The number of ether oxygens (including phenoxy) is 2. The highest BCUT2D eigenvalue weighted by atomic mass is 16.5. The summed E-state index contributed by atoms with van der Waals surface area (Å²) < 4.78 is 10.1. The van der Waals surface area contributed by atoms with Crippen LogP contribution in [0.4, 0.5) is 0 Å². The highest BCUT2D eigenvalue weighted by Crippen LogP contribution is 2.10. The van der Waals surface area contributed by atoms with E-state index in [1.807, 2.05) is 6.92 Å². The van der Waals surface area contributed by atoms with Crippen LogP contribution in [0.1, 0.15) is 78.1 Å². The lowest BCUT2D eigenvalue weighted by Gasteiger charge is -2.09. The molecule has 0 aromatic rings. The summed E-state index contributed by atoms with van der Waals surface area (Å²) in [5.41, 5.74) is 0. The highest BCUT2D eigenvalue weighted by Gasteiger charge is 1.98. The molecule has 2 radical (unpaired) electrons. The molecular formula is C16H32O2. The van der Waals surface area contributed by atoms with Gasteiger partial charge in [0.25, 0.3) is 0 Å². The smallest absolute Gasteiger partial charge is 0.116 e. The zero-order chi connectivity index (χ0) is 13.5. The van der Waals surface area contributed by atoms with Crippen molar-refractivity contribution in [3.05, 3.63) is 7.11 Å². The third-order valence-corrected chi connectivity index (χ3v) is 3.23. The second-order valence-electron chi connectivity index (χ2n) is 5.20. The Labute approximate surface area is 114 Å². The van der Waals surface area contributed by atoms with E-state index in [0.29, 0.717) is 6.61 Å². The van der Waals surface area contributed by atoms with Gasteiger partial charge in [-0.25, -0.2) is 0 Å². The Kier molecular flexibility index (Phi) is 14.9. The van der Waals surface area contributed by atoms with Gasteiger partial charge in [-0.1, -0.05) is 64.7 Å². The van der Waals surface area contributed by atoms with E-state index in [2.05, 4.69) is 11.7 Å². The predicted molar refractivity (Wildman–Crippen MR) is 77.5 cm³/mol. The fourth-order valence-electron chi connectivity index (χ4n) is 1.98. The van der Waals surface area contributed by atoms with Crippen LogP contribution in [-0.2, 0) is 9.47 Å². The number of unbranched alkanes of at least 4 members (excludes halogenated alkanes) is 9. The third-order valence-electron chi connectivity index (χ3n) is 3.23. The second-order valence-corrected chi connectivity index (χ2v) is 5.20. The molecule has 0 aliphatic carbocycles. The van der Waals surface area contributed by atoms with Crippen LogP contribution in [0.3, 0.4) is 0 Å². The Bertz CT molecular complexity index is 148. The molecule has 0 spiro atoms. The van der Waals surface area contributed by atoms with E-state index in [9.17, 15) is 0 Å². The molecule has 0 aliphatic heterocycles. The molecule has 0 aromatic heterocycles. The first-order valence-corrected chi connectivity index (χ1v) is 7.74. The van der Waals surface area contributed by atoms with Crippen molar-refractivity contribution in [2.45, 2.75) is 84.2 Å². The molecule has 18 heavy (non-hydrogen) atoms. The minimum absolute atomic E-state index is 0.00752. The Balaban J connectivity index is 2.94. The molecule has 0 saturated carbocycles. The van der Waals surface area contributed by atoms with E-state index >= 15 is 0 Å². The maximum Gasteiger partial charge on any atom is 0.116 e. The van der Waals surface area contributed by atoms with E-state index in [0.717, 1.165) is 13.0 Å². The van der Waals surface area contributed by atoms with Gasteiger partial charge in [-0.2, -0.15) is 0 Å². The van der Waals surface area contributed by atoms with E-state index < -0.39 is 0 Å². The number of rotatable bonds is 14. The van der Waals surface area contributed by atoms with Gasteiger partial charge in [0.15, 0.2) is 0 Å². The van der Waals surface area contributed by atoms with Gasteiger partial charge in [-0.15, -0.1) is 0 Å². The second kappa shape index (κ2) is 15.0. The molecule has 0 bridgehead atoms. The lowest BCUT2D eigenvalue weighted by atomic mass is 10.1. The van der Waals surface area contributed by atoms with Gasteiger partial charge in [0.2, 0.25) is 0 Å². The van der Waals surface area contributed by atoms with Crippen molar-refractivity contribution in [2.24, 2.45) is 0 Å². The van der Waals surface area contributed by atoms with E-state index in [4.69, 9.17) is 11.8 Å². The van der Waals surface area contributed by atoms with Crippen LogP contribution >= 0.6 is 0 Å². The van der Waals surface area contributed by atoms with Crippen LogP contribution in [0, 0.1) is 7.11 Å². The minimum atomic E-state index is 0.00752. The molecule has 2 heteroatoms. The monoisotopic (exact) mass is 256 g/mol. The van der Waals surface area contributed by atoms with Crippen molar-refractivity contribution < 1.29 is 9.47 Å². The number of hydrogen-bond donors (Lipinski definition) is 0. The predicted octanol–water partition coefficient (Wildman–Crippen LogP) is 5.00. The van der Waals surface area contributed by atoms with Crippen LogP contribution in [-0.4, -0.2) is 19.3 Å². The van der Waals surface area contributed by atoms with Gasteiger partial charge < -0.3 is 9.47 Å². The Morgan fingerprint density at radius 2 is 1.33 bits per heavy atom. The topological polar surface area (TPSA) is 18.5 Å². The largest absolute Gasteiger partial charge is 0.379 e. The van der Waals surface area contributed by atoms with Crippen molar-refractivity contribution in [2.75, 3.05) is 13.2 Å². The maximum atomic E-state index is 5.45. The normalized spacial score (nSPS) is 12.8. The average molecular weight is 256 g/mol. The van der Waals surface area contributed by atoms with Gasteiger partial charge in [0, 0.05) is 6.61 Å². The summed E-state index contributed by atoms with van der Waals surface area (Å²) >= 11 is 0. The van der Waals surface area contributed by atoms with Crippen LogP contribution < -0.4 is 0 Å². The van der Waals surface area contributed by atoms with Gasteiger partial charge in [0.05, 0.1) is 12.7 Å². The molecular weight excluding hydrogens is 224 g/mol. The van der Waals surface area contributed by atoms with Crippen LogP contribution in [0.25, 0.3) is 0 Å². The third kappa shape index (κ3) is 14.0. The number of hydrogen-bond acceptors (Lipinski definition) is 2. The molecule has 0 saturated heterocycles. The Morgan fingerprint density at radius 1 is 0.833 bits per heavy atom. The van der Waals surface area contributed by atoms with Crippen molar-refractivity contribution >= 4 is 0 Å². The lowest BCUT2D eigenvalue weighted by molar-refractivity contribution is 0.0326.